The fraction of sp³-hybridized carbons (Fsp3) is 0.857. The predicted molar refractivity (Wildman–Crippen MR) is 79.4 cm³/mol. The molecule has 2 aliphatic heterocycles. The second kappa shape index (κ2) is 4.69. The number of carbonyl (C=O) groups is 2. The second-order valence-electron chi connectivity index (χ2n) is 7.32. The average Bonchev–Trinajstić information content (AvgIpc) is 2.57. The zero-order chi connectivity index (χ0) is 16.2. The maximum absolute atomic E-state index is 12.8. The Kier molecular flexibility index (Phi) is 3.64. The van der Waals surface area contributed by atoms with Crippen LogP contribution in [0.3, 0.4) is 0 Å². The molecule has 2 amide bonds. The molecule has 7 heteroatoms. The molecule has 0 aromatic rings. The maximum Gasteiger partial charge on any atom is 0.248 e. The summed E-state index contributed by atoms with van der Waals surface area (Å²) in [6.07, 6.45) is 0.383. The summed E-state index contributed by atoms with van der Waals surface area (Å²) >= 11 is 0. The van der Waals surface area contributed by atoms with Gasteiger partial charge in [-0.15, -0.1) is 0 Å². The molecule has 0 aliphatic carbocycles. The van der Waals surface area contributed by atoms with Gasteiger partial charge in [0.1, 0.15) is 11.6 Å². The van der Waals surface area contributed by atoms with Crippen LogP contribution in [0.4, 0.5) is 0 Å². The van der Waals surface area contributed by atoms with E-state index in [4.69, 9.17) is 0 Å². The highest BCUT2D eigenvalue weighted by Gasteiger charge is 2.55. The maximum atomic E-state index is 12.8. The van der Waals surface area contributed by atoms with Crippen LogP contribution in [0.2, 0.25) is 0 Å². The third-order valence-electron chi connectivity index (χ3n) is 4.43. The highest BCUT2D eigenvalue weighted by molar-refractivity contribution is 7.91. The minimum Gasteiger partial charge on any atom is -0.340 e. The van der Waals surface area contributed by atoms with Gasteiger partial charge in [0.2, 0.25) is 11.8 Å². The summed E-state index contributed by atoms with van der Waals surface area (Å²) in [6.45, 7) is 8.83. The number of hydrogen-bond acceptors (Lipinski definition) is 4. The first-order valence-electron chi connectivity index (χ1n) is 7.26. The summed E-state index contributed by atoms with van der Waals surface area (Å²) in [5.74, 6) is -0.496. The van der Waals surface area contributed by atoms with Gasteiger partial charge in [0.15, 0.2) is 9.84 Å². The SMILES string of the molecule is CC(C)C1C(=O)NC(C)(C)C(=O)N1C1(C)CCS(=O)(=O)C1. The Morgan fingerprint density at radius 2 is 1.81 bits per heavy atom. The van der Waals surface area contributed by atoms with E-state index in [1.165, 1.54) is 0 Å². The van der Waals surface area contributed by atoms with E-state index >= 15 is 0 Å². The van der Waals surface area contributed by atoms with E-state index < -0.39 is 27.0 Å². The lowest BCUT2D eigenvalue weighted by molar-refractivity contribution is -0.162. The Labute approximate surface area is 126 Å². The molecular weight excluding hydrogens is 292 g/mol. The minimum atomic E-state index is -3.16. The molecule has 1 N–H and O–H groups in total. The monoisotopic (exact) mass is 316 g/mol. The van der Waals surface area contributed by atoms with Gasteiger partial charge in [-0.05, 0) is 33.1 Å². The van der Waals surface area contributed by atoms with Crippen LogP contribution in [-0.4, -0.2) is 53.8 Å². The molecule has 2 rings (SSSR count). The number of sulfone groups is 1. The van der Waals surface area contributed by atoms with Gasteiger partial charge in [-0.25, -0.2) is 8.42 Å². The van der Waals surface area contributed by atoms with E-state index in [0.717, 1.165) is 0 Å². The van der Waals surface area contributed by atoms with Crippen LogP contribution in [0, 0.1) is 5.92 Å². The molecule has 2 heterocycles. The van der Waals surface area contributed by atoms with E-state index in [1.54, 1.807) is 25.7 Å². The molecule has 0 saturated carbocycles. The van der Waals surface area contributed by atoms with Crippen molar-refractivity contribution in [2.24, 2.45) is 5.92 Å². The Hall–Kier alpha value is -1.11. The van der Waals surface area contributed by atoms with Crippen molar-refractivity contribution in [1.29, 1.82) is 0 Å². The summed E-state index contributed by atoms with van der Waals surface area (Å²) in [5.41, 5.74) is -1.81. The molecule has 21 heavy (non-hydrogen) atoms. The molecule has 2 fully saturated rings. The number of rotatable bonds is 2. The van der Waals surface area contributed by atoms with Crippen molar-refractivity contribution in [3.05, 3.63) is 0 Å². The molecule has 0 bridgehead atoms. The van der Waals surface area contributed by atoms with Gasteiger partial charge < -0.3 is 10.2 Å². The van der Waals surface area contributed by atoms with Crippen LogP contribution in [0.15, 0.2) is 0 Å². The molecule has 0 radical (unpaired) electrons. The first kappa shape index (κ1) is 16.3. The van der Waals surface area contributed by atoms with Crippen molar-refractivity contribution in [3.8, 4) is 0 Å². The highest BCUT2D eigenvalue weighted by atomic mass is 32.2. The summed E-state index contributed by atoms with van der Waals surface area (Å²) < 4.78 is 23.8. The van der Waals surface area contributed by atoms with Crippen LogP contribution >= 0.6 is 0 Å². The van der Waals surface area contributed by atoms with Gasteiger partial charge in [0.25, 0.3) is 0 Å². The third-order valence-corrected chi connectivity index (χ3v) is 6.32. The van der Waals surface area contributed by atoms with Crippen molar-refractivity contribution in [2.75, 3.05) is 11.5 Å². The molecule has 2 saturated heterocycles. The van der Waals surface area contributed by atoms with Crippen molar-refractivity contribution >= 4 is 21.7 Å². The third kappa shape index (κ3) is 2.67. The van der Waals surface area contributed by atoms with Crippen molar-refractivity contribution in [3.63, 3.8) is 0 Å². The normalized spacial score (nSPS) is 35.1. The number of nitrogens with one attached hydrogen (secondary N) is 1. The van der Waals surface area contributed by atoms with Crippen LogP contribution in [-0.2, 0) is 19.4 Å². The fourth-order valence-corrected chi connectivity index (χ4v) is 5.47. The minimum absolute atomic E-state index is 0.0696. The molecule has 2 aliphatic rings. The number of carbonyl (C=O) groups excluding carboxylic acids is 2. The number of hydrogen-bond donors (Lipinski definition) is 1. The Morgan fingerprint density at radius 3 is 2.24 bits per heavy atom. The standard InChI is InChI=1S/C14H24N2O4S/c1-9(2)10-11(17)15-13(3,4)12(18)16(10)14(5)6-7-21(19,20)8-14/h9-10H,6-8H2,1-5H3,(H,15,17). The van der Waals surface area contributed by atoms with Crippen LogP contribution in [0.1, 0.15) is 41.0 Å². The van der Waals surface area contributed by atoms with Crippen LogP contribution in [0.25, 0.3) is 0 Å². The molecular formula is C14H24N2O4S. The molecule has 0 aromatic carbocycles. The number of piperazine rings is 1. The molecule has 0 spiro atoms. The summed E-state index contributed by atoms with van der Waals surface area (Å²) in [7, 11) is -3.16. The number of nitrogens with zero attached hydrogens (tertiary/aromatic N) is 1. The molecule has 6 nitrogen and oxygen atoms in total. The van der Waals surface area contributed by atoms with Gasteiger partial charge in [0.05, 0.1) is 17.0 Å². The second-order valence-corrected chi connectivity index (χ2v) is 9.50. The lowest BCUT2D eigenvalue weighted by atomic mass is 9.85. The zero-order valence-corrected chi connectivity index (χ0v) is 14.1. The van der Waals surface area contributed by atoms with E-state index in [-0.39, 0.29) is 29.2 Å². The smallest absolute Gasteiger partial charge is 0.248 e. The summed E-state index contributed by atoms with van der Waals surface area (Å²) in [5, 5.41) is 2.75. The van der Waals surface area contributed by atoms with E-state index in [2.05, 4.69) is 5.32 Å². The van der Waals surface area contributed by atoms with Crippen molar-refractivity contribution < 1.29 is 18.0 Å². The quantitative estimate of drug-likeness (QED) is 0.795. The molecule has 2 atom stereocenters. The highest BCUT2D eigenvalue weighted by Crippen LogP contribution is 2.36. The largest absolute Gasteiger partial charge is 0.340 e. The van der Waals surface area contributed by atoms with Crippen molar-refractivity contribution in [2.45, 2.75) is 58.2 Å². The average molecular weight is 316 g/mol. The van der Waals surface area contributed by atoms with Crippen LogP contribution in [0.5, 0.6) is 0 Å². The summed E-state index contributed by atoms with van der Waals surface area (Å²) in [4.78, 5) is 26.8. The first-order chi connectivity index (χ1) is 9.40. The van der Waals surface area contributed by atoms with Crippen molar-refractivity contribution in [1.82, 2.24) is 10.2 Å². The fourth-order valence-electron chi connectivity index (χ4n) is 3.35. The Morgan fingerprint density at radius 1 is 1.24 bits per heavy atom. The Balaban J connectivity index is 2.49. The molecule has 120 valence electrons. The van der Waals surface area contributed by atoms with Gasteiger partial charge in [-0.2, -0.15) is 0 Å². The first-order valence-corrected chi connectivity index (χ1v) is 9.08. The molecule has 2 unspecified atom stereocenters. The van der Waals surface area contributed by atoms with E-state index in [9.17, 15) is 18.0 Å². The van der Waals surface area contributed by atoms with E-state index in [0.29, 0.717) is 6.42 Å². The lowest BCUT2D eigenvalue weighted by Crippen LogP contribution is -2.73. The van der Waals surface area contributed by atoms with Gasteiger partial charge in [-0.3, -0.25) is 9.59 Å². The van der Waals surface area contributed by atoms with Gasteiger partial charge in [0, 0.05) is 0 Å². The van der Waals surface area contributed by atoms with E-state index in [1.807, 2.05) is 13.8 Å². The van der Waals surface area contributed by atoms with Gasteiger partial charge in [-0.1, -0.05) is 13.8 Å². The lowest BCUT2D eigenvalue weighted by Gasteiger charge is -2.51. The topological polar surface area (TPSA) is 83.6 Å². The predicted octanol–water partition coefficient (Wildman–Crippen LogP) is 0.325. The summed E-state index contributed by atoms with van der Waals surface area (Å²) in [6, 6.07) is -0.621. The zero-order valence-electron chi connectivity index (χ0n) is 13.3. The van der Waals surface area contributed by atoms with Gasteiger partial charge >= 0.3 is 0 Å². The molecule has 0 aromatic heterocycles. The van der Waals surface area contributed by atoms with Crippen LogP contribution < -0.4 is 5.32 Å². The Bertz CT molecular complexity index is 582. The number of amides is 2.